The first-order valence-electron chi connectivity index (χ1n) is 12.6. The SMILES string of the molecule is COc1cc(C)c(S(=O)N(C)C(C)C(=O)NCC(=O)N(C)CC2CCN(c3ccncc3)CC2)c(C)c1. The number of pyridine rings is 1. The molecule has 1 aliphatic heterocycles. The van der Waals surface area contributed by atoms with E-state index in [1.807, 2.05) is 38.1 Å². The number of amides is 2. The summed E-state index contributed by atoms with van der Waals surface area (Å²) in [5.74, 6) is 0.645. The molecule has 0 spiro atoms. The minimum absolute atomic E-state index is 0.0867. The number of hydrogen-bond acceptors (Lipinski definition) is 6. The summed E-state index contributed by atoms with van der Waals surface area (Å²) in [6.07, 6.45) is 5.62. The molecule has 2 heterocycles. The van der Waals surface area contributed by atoms with Crippen molar-refractivity contribution in [1.82, 2.24) is 19.5 Å². The lowest BCUT2D eigenvalue weighted by Gasteiger charge is -2.35. The van der Waals surface area contributed by atoms with Gasteiger partial charge in [0.15, 0.2) is 0 Å². The number of carbonyl (C=O) groups excluding carboxylic acids is 2. The highest BCUT2D eigenvalue weighted by atomic mass is 32.2. The molecule has 9 nitrogen and oxygen atoms in total. The average molecular weight is 530 g/mol. The van der Waals surface area contributed by atoms with Crippen LogP contribution in [0.5, 0.6) is 5.75 Å². The van der Waals surface area contributed by atoms with Gasteiger partial charge in [-0.3, -0.25) is 14.6 Å². The van der Waals surface area contributed by atoms with Gasteiger partial charge in [-0.1, -0.05) is 0 Å². The van der Waals surface area contributed by atoms with E-state index in [1.165, 1.54) is 9.99 Å². The van der Waals surface area contributed by atoms with Crippen LogP contribution in [0.2, 0.25) is 0 Å². The lowest BCUT2D eigenvalue weighted by Crippen LogP contribution is -2.48. The van der Waals surface area contributed by atoms with Crippen LogP contribution in [0.4, 0.5) is 5.69 Å². The molecule has 2 unspecified atom stereocenters. The number of nitrogens with one attached hydrogen (secondary N) is 1. The van der Waals surface area contributed by atoms with Crippen molar-refractivity contribution >= 4 is 28.5 Å². The van der Waals surface area contributed by atoms with Crippen molar-refractivity contribution in [3.05, 3.63) is 47.8 Å². The summed E-state index contributed by atoms with van der Waals surface area (Å²) < 4.78 is 20.0. The Hall–Kier alpha value is -2.98. The average Bonchev–Trinajstić information content (AvgIpc) is 2.90. The quantitative estimate of drug-likeness (QED) is 0.508. The maximum absolute atomic E-state index is 13.2. The number of piperidine rings is 1. The first kappa shape index (κ1) is 28.6. The summed E-state index contributed by atoms with van der Waals surface area (Å²) in [5, 5.41) is 2.72. The number of benzene rings is 1. The van der Waals surface area contributed by atoms with Gasteiger partial charge in [-0.25, -0.2) is 8.51 Å². The third-order valence-corrected chi connectivity index (χ3v) is 8.88. The van der Waals surface area contributed by atoms with Crippen LogP contribution >= 0.6 is 0 Å². The van der Waals surface area contributed by atoms with E-state index in [0.717, 1.165) is 37.1 Å². The second kappa shape index (κ2) is 13.0. The van der Waals surface area contributed by atoms with Gasteiger partial charge in [-0.05, 0) is 74.9 Å². The molecule has 2 amide bonds. The Labute approximate surface area is 222 Å². The van der Waals surface area contributed by atoms with Gasteiger partial charge in [0.1, 0.15) is 16.7 Å². The molecule has 1 fully saturated rings. The van der Waals surface area contributed by atoms with Crippen LogP contribution in [0.3, 0.4) is 0 Å². The smallest absolute Gasteiger partial charge is 0.241 e. The molecular weight excluding hydrogens is 490 g/mol. The van der Waals surface area contributed by atoms with Gasteiger partial charge in [0.25, 0.3) is 0 Å². The van der Waals surface area contributed by atoms with Crippen molar-refractivity contribution in [3.63, 3.8) is 0 Å². The molecule has 10 heteroatoms. The van der Waals surface area contributed by atoms with Crippen molar-refractivity contribution in [2.24, 2.45) is 5.92 Å². The number of aryl methyl sites for hydroxylation is 2. The van der Waals surface area contributed by atoms with Gasteiger partial charge >= 0.3 is 0 Å². The van der Waals surface area contributed by atoms with E-state index in [4.69, 9.17) is 4.74 Å². The van der Waals surface area contributed by atoms with Crippen molar-refractivity contribution in [2.75, 3.05) is 52.3 Å². The molecule has 1 N–H and O–H groups in total. The Bertz CT molecular complexity index is 1080. The van der Waals surface area contributed by atoms with Crippen molar-refractivity contribution in [3.8, 4) is 5.75 Å². The fourth-order valence-corrected chi connectivity index (χ4v) is 5.96. The number of likely N-dealkylation sites (N-methyl/N-ethyl adjacent to an activating group) is 2. The summed E-state index contributed by atoms with van der Waals surface area (Å²) in [6, 6.07) is 7.02. The summed E-state index contributed by atoms with van der Waals surface area (Å²) in [4.78, 5) is 34.3. The maximum atomic E-state index is 13.2. The highest BCUT2D eigenvalue weighted by Gasteiger charge is 2.27. The third-order valence-electron chi connectivity index (χ3n) is 7.04. The van der Waals surface area contributed by atoms with E-state index in [0.29, 0.717) is 23.1 Å². The lowest BCUT2D eigenvalue weighted by molar-refractivity contribution is -0.133. The zero-order valence-corrected chi connectivity index (χ0v) is 23.5. The molecule has 37 heavy (non-hydrogen) atoms. The van der Waals surface area contributed by atoms with Crippen molar-refractivity contribution in [1.29, 1.82) is 0 Å². The van der Waals surface area contributed by atoms with E-state index in [-0.39, 0.29) is 18.4 Å². The van der Waals surface area contributed by atoms with Gasteiger partial charge < -0.3 is 19.9 Å². The standard InChI is InChI=1S/C27H39N5O4S/c1-19-15-24(36-6)16-20(2)26(19)37(35)31(5)21(3)27(34)29-17-25(33)30(4)18-22-9-13-32(14-10-22)23-7-11-28-12-8-23/h7-8,11-12,15-16,21-22H,9-10,13-14,17-18H2,1-6H3,(H,29,34). The van der Waals surface area contributed by atoms with E-state index in [1.54, 1.807) is 45.4 Å². The molecule has 2 atom stereocenters. The third kappa shape index (κ3) is 7.29. The number of carbonyl (C=O) groups is 2. The summed E-state index contributed by atoms with van der Waals surface area (Å²) >= 11 is 0. The molecule has 0 bridgehead atoms. The van der Waals surface area contributed by atoms with Crippen molar-refractivity contribution in [2.45, 2.75) is 44.6 Å². The normalized spacial score (nSPS) is 15.8. The molecule has 1 aliphatic rings. The van der Waals surface area contributed by atoms with Crippen LogP contribution in [-0.2, 0) is 20.6 Å². The maximum Gasteiger partial charge on any atom is 0.241 e. The summed E-state index contributed by atoms with van der Waals surface area (Å²) in [5.41, 5.74) is 2.84. The number of hydrogen-bond donors (Lipinski definition) is 1. The Balaban J connectivity index is 1.46. The second-order valence-electron chi connectivity index (χ2n) is 9.69. The monoisotopic (exact) mass is 529 g/mol. The predicted octanol–water partition coefficient (Wildman–Crippen LogP) is 2.54. The van der Waals surface area contributed by atoms with Crippen LogP contribution in [0.25, 0.3) is 0 Å². The molecular formula is C27H39N5O4S. The van der Waals surface area contributed by atoms with E-state index >= 15 is 0 Å². The zero-order chi connectivity index (χ0) is 27.1. The minimum Gasteiger partial charge on any atom is -0.497 e. The molecule has 1 aromatic carbocycles. The summed E-state index contributed by atoms with van der Waals surface area (Å²) in [6.45, 7) is 7.90. The number of rotatable bonds is 10. The van der Waals surface area contributed by atoms with Crippen LogP contribution in [0.15, 0.2) is 41.6 Å². The van der Waals surface area contributed by atoms with Crippen LogP contribution in [-0.4, -0.2) is 83.6 Å². The van der Waals surface area contributed by atoms with Gasteiger partial charge in [-0.15, -0.1) is 0 Å². The van der Waals surface area contributed by atoms with E-state index < -0.39 is 17.0 Å². The first-order valence-corrected chi connectivity index (χ1v) is 13.7. The molecule has 0 radical (unpaired) electrons. The lowest BCUT2D eigenvalue weighted by atomic mass is 9.96. The molecule has 0 aliphatic carbocycles. The molecule has 1 aromatic heterocycles. The number of nitrogens with zero attached hydrogens (tertiary/aromatic N) is 4. The highest BCUT2D eigenvalue weighted by molar-refractivity contribution is 7.82. The highest BCUT2D eigenvalue weighted by Crippen LogP contribution is 2.26. The van der Waals surface area contributed by atoms with Gasteiger partial charge in [0, 0.05) is 51.8 Å². The number of methoxy groups -OCH3 is 1. The Kier molecular flexibility index (Phi) is 10.0. The summed E-state index contributed by atoms with van der Waals surface area (Å²) in [7, 11) is 3.48. The fourth-order valence-electron chi connectivity index (χ4n) is 4.62. The van der Waals surface area contributed by atoms with E-state index in [9.17, 15) is 13.8 Å². The fraction of sp³-hybridized carbons (Fsp3) is 0.519. The van der Waals surface area contributed by atoms with Gasteiger partial charge in [-0.2, -0.15) is 0 Å². The molecule has 2 aromatic rings. The number of aromatic nitrogens is 1. The number of anilines is 1. The Morgan fingerprint density at radius 1 is 1.16 bits per heavy atom. The zero-order valence-electron chi connectivity index (χ0n) is 22.7. The number of ether oxygens (including phenoxy) is 1. The Morgan fingerprint density at radius 3 is 2.32 bits per heavy atom. The van der Waals surface area contributed by atoms with Crippen LogP contribution in [0.1, 0.15) is 30.9 Å². The van der Waals surface area contributed by atoms with E-state index in [2.05, 4.69) is 15.2 Å². The van der Waals surface area contributed by atoms with Crippen LogP contribution in [0, 0.1) is 19.8 Å². The molecule has 3 rings (SSSR count). The molecule has 0 saturated carbocycles. The van der Waals surface area contributed by atoms with Gasteiger partial charge in [0.2, 0.25) is 11.8 Å². The molecule has 1 saturated heterocycles. The molecule has 202 valence electrons. The topological polar surface area (TPSA) is 95.1 Å². The first-order chi connectivity index (χ1) is 17.6. The largest absolute Gasteiger partial charge is 0.497 e. The minimum atomic E-state index is -1.54. The van der Waals surface area contributed by atoms with Gasteiger partial charge in [0.05, 0.1) is 24.6 Å². The predicted molar refractivity (Wildman–Crippen MR) is 146 cm³/mol. The second-order valence-corrected chi connectivity index (χ2v) is 11.2. The Morgan fingerprint density at radius 2 is 1.76 bits per heavy atom. The van der Waals surface area contributed by atoms with Crippen LogP contribution < -0.4 is 15.0 Å². The van der Waals surface area contributed by atoms with Crippen molar-refractivity contribution < 1.29 is 18.5 Å².